The molecule has 0 radical (unpaired) electrons. The highest BCUT2D eigenvalue weighted by Crippen LogP contribution is 2.35. The van der Waals surface area contributed by atoms with E-state index in [1.165, 1.54) is 13.3 Å². The lowest BCUT2D eigenvalue weighted by atomic mass is 10.2. The van der Waals surface area contributed by atoms with Crippen molar-refractivity contribution in [1.82, 2.24) is 5.43 Å². The second-order valence-corrected chi connectivity index (χ2v) is 5.26. The fourth-order valence-corrected chi connectivity index (χ4v) is 2.21. The summed E-state index contributed by atoms with van der Waals surface area (Å²) >= 11 is 6.17. The van der Waals surface area contributed by atoms with Gasteiger partial charge in [-0.15, -0.1) is 6.42 Å². The number of nitrogen functional groups attached to an aromatic ring is 1. The van der Waals surface area contributed by atoms with Gasteiger partial charge in [-0.05, 0) is 42.0 Å². The third-order valence-corrected chi connectivity index (χ3v) is 3.38. The Morgan fingerprint density at radius 1 is 1.40 bits per heavy atom. The Hall–Kier alpha value is -3.17. The number of hydrogen-bond acceptors (Lipinski definition) is 5. The number of methoxy groups -OCH3 is 1. The number of carbonyl (C=O) groups excluding carboxylic acids is 1. The highest BCUT2D eigenvalue weighted by Gasteiger charge is 2.11. The van der Waals surface area contributed by atoms with E-state index in [1.807, 2.05) is 0 Å². The molecule has 0 bridgehead atoms. The van der Waals surface area contributed by atoms with Crippen molar-refractivity contribution in [3.63, 3.8) is 0 Å². The largest absolute Gasteiger partial charge is 0.493 e. The van der Waals surface area contributed by atoms with E-state index < -0.39 is 0 Å². The van der Waals surface area contributed by atoms with E-state index in [0.29, 0.717) is 33.3 Å². The van der Waals surface area contributed by atoms with Gasteiger partial charge >= 0.3 is 0 Å². The van der Waals surface area contributed by atoms with Crippen molar-refractivity contribution in [3.8, 4) is 23.8 Å². The third kappa shape index (κ3) is 4.90. The average Bonchev–Trinajstić information content (AvgIpc) is 2.61. The number of hydrogen-bond donors (Lipinski definition) is 2. The van der Waals surface area contributed by atoms with Crippen LogP contribution in [0.5, 0.6) is 11.5 Å². The van der Waals surface area contributed by atoms with Crippen LogP contribution in [0.4, 0.5) is 5.69 Å². The van der Waals surface area contributed by atoms with Crippen molar-refractivity contribution in [3.05, 3.63) is 52.5 Å². The summed E-state index contributed by atoms with van der Waals surface area (Å²) < 4.78 is 10.6. The predicted molar refractivity (Wildman–Crippen MR) is 98.2 cm³/mol. The van der Waals surface area contributed by atoms with Gasteiger partial charge in [-0.2, -0.15) is 5.10 Å². The van der Waals surface area contributed by atoms with Crippen LogP contribution in [0.2, 0.25) is 5.02 Å². The van der Waals surface area contributed by atoms with Gasteiger partial charge in [-0.3, -0.25) is 4.79 Å². The number of nitrogens with zero attached hydrogens (tertiary/aromatic N) is 1. The first-order valence-corrected chi connectivity index (χ1v) is 7.55. The average molecular weight is 358 g/mol. The molecule has 6 nitrogen and oxygen atoms in total. The summed E-state index contributed by atoms with van der Waals surface area (Å²) in [6.45, 7) is 0.0706. The number of anilines is 1. The normalized spacial score (nSPS) is 10.3. The first kappa shape index (κ1) is 18.2. The smallest absolute Gasteiger partial charge is 0.271 e. The van der Waals surface area contributed by atoms with Gasteiger partial charge in [0.25, 0.3) is 5.91 Å². The molecule has 0 unspecified atom stereocenters. The van der Waals surface area contributed by atoms with Crippen molar-refractivity contribution in [2.45, 2.75) is 0 Å². The summed E-state index contributed by atoms with van der Waals surface area (Å²) in [5.74, 6) is 2.76. The van der Waals surface area contributed by atoms with Crippen molar-refractivity contribution < 1.29 is 14.3 Å². The maximum Gasteiger partial charge on any atom is 0.271 e. The molecule has 0 aliphatic rings. The van der Waals surface area contributed by atoms with Crippen LogP contribution in [-0.4, -0.2) is 25.8 Å². The second kappa shape index (κ2) is 8.62. The molecule has 0 fully saturated rings. The number of hydrazone groups is 1. The van der Waals surface area contributed by atoms with E-state index in [-0.39, 0.29) is 12.5 Å². The molecule has 0 aromatic heterocycles. The van der Waals surface area contributed by atoms with Gasteiger partial charge in [0.05, 0.1) is 18.3 Å². The highest BCUT2D eigenvalue weighted by atomic mass is 35.5. The first-order valence-electron chi connectivity index (χ1n) is 7.18. The van der Waals surface area contributed by atoms with Crippen LogP contribution in [0.1, 0.15) is 15.9 Å². The molecule has 0 heterocycles. The van der Waals surface area contributed by atoms with Crippen molar-refractivity contribution >= 4 is 29.4 Å². The maximum absolute atomic E-state index is 12.0. The molecular weight excluding hydrogens is 342 g/mol. The molecule has 0 spiro atoms. The number of amides is 1. The number of terminal acetylenes is 1. The predicted octanol–water partition coefficient (Wildman–Crippen LogP) is 2.71. The third-order valence-electron chi connectivity index (χ3n) is 3.10. The second-order valence-electron chi connectivity index (χ2n) is 4.85. The van der Waals surface area contributed by atoms with E-state index in [4.69, 9.17) is 33.2 Å². The Kier molecular flexibility index (Phi) is 6.26. The summed E-state index contributed by atoms with van der Waals surface area (Å²) in [5, 5.41) is 4.23. The van der Waals surface area contributed by atoms with Crippen LogP contribution in [0.3, 0.4) is 0 Å². The van der Waals surface area contributed by atoms with Crippen molar-refractivity contribution in [2.24, 2.45) is 5.10 Å². The molecule has 2 aromatic rings. The zero-order valence-corrected chi connectivity index (χ0v) is 14.2. The molecule has 128 valence electrons. The van der Waals surface area contributed by atoms with Crippen LogP contribution in [0, 0.1) is 12.3 Å². The lowest BCUT2D eigenvalue weighted by Gasteiger charge is -2.11. The van der Waals surface area contributed by atoms with Gasteiger partial charge in [0.1, 0.15) is 6.61 Å². The zero-order valence-electron chi connectivity index (χ0n) is 13.5. The zero-order chi connectivity index (χ0) is 18.2. The van der Waals surface area contributed by atoms with E-state index in [0.717, 1.165) is 0 Å². The number of benzene rings is 2. The minimum absolute atomic E-state index is 0.0706. The van der Waals surface area contributed by atoms with Crippen LogP contribution in [-0.2, 0) is 0 Å². The summed E-state index contributed by atoms with van der Waals surface area (Å²) in [5.41, 5.74) is 9.64. The molecular formula is C18H16ClN3O3. The molecule has 1 amide bonds. The Bertz CT molecular complexity index is 827. The maximum atomic E-state index is 12.0. The van der Waals surface area contributed by atoms with Crippen LogP contribution in [0.15, 0.2) is 41.5 Å². The highest BCUT2D eigenvalue weighted by molar-refractivity contribution is 6.32. The summed E-state index contributed by atoms with van der Waals surface area (Å²) in [7, 11) is 1.48. The van der Waals surface area contributed by atoms with Crippen LogP contribution >= 0.6 is 11.6 Å². The summed E-state index contributed by atoms with van der Waals surface area (Å²) in [6.07, 6.45) is 6.61. The van der Waals surface area contributed by atoms with Gasteiger partial charge in [-0.1, -0.05) is 17.5 Å². The molecule has 0 aliphatic heterocycles. The van der Waals surface area contributed by atoms with Gasteiger partial charge in [0, 0.05) is 11.3 Å². The number of carbonyl (C=O) groups is 1. The van der Waals surface area contributed by atoms with Gasteiger partial charge in [0.15, 0.2) is 11.5 Å². The van der Waals surface area contributed by atoms with Crippen LogP contribution in [0.25, 0.3) is 0 Å². The van der Waals surface area contributed by atoms with Crippen molar-refractivity contribution in [2.75, 3.05) is 19.5 Å². The summed E-state index contributed by atoms with van der Waals surface area (Å²) in [6, 6.07) is 9.77. The molecule has 2 aromatic carbocycles. The minimum atomic E-state index is -0.358. The fourth-order valence-electron chi connectivity index (χ4n) is 1.93. The lowest BCUT2D eigenvalue weighted by Crippen LogP contribution is -2.17. The molecule has 7 heteroatoms. The molecule has 25 heavy (non-hydrogen) atoms. The molecule has 0 atom stereocenters. The molecule has 0 saturated heterocycles. The van der Waals surface area contributed by atoms with E-state index in [9.17, 15) is 4.79 Å². The number of nitrogens with one attached hydrogen (secondary N) is 1. The minimum Gasteiger partial charge on any atom is -0.493 e. The lowest BCUT2D eigenvalue weighted by molar-refractivity contribution is 0.0955. The number of rotatable bonds is 6. The topological polar surface area (TPSA) is 85.9 Å². The molecule has 0 saturated carbocycles. The van der Waals surface area contributed by atoms with Gasteiger partial charge in [-0.25, -0.2) is 5.43 Å². The fraction of sp³-hybridized carbons (Fsp3) is 0.111. The Morgan fingerprint density at radius 3 is 2.76 bits per heavy atom. The molecule has 3 N–H and O–H groups in total. The Labute approximate surface area is 150 Å². The van der Waals surface area contributed by atoms with Gasteiger partial charge < -0.3 is 15.2 Å². The van der Waals surface area contributed by atoms with E-state index in [2.05, 4.69) is 16.4 Å². The van der Waals surface area contributed by atoms with Gasteiger partial charge in [0.2, 0.25) is 0 Å². The molecule has 2 rings (SSSR count). The Morgan fingerprint density at radius 2 is 2.12 bits per heavy atom. The number of nitrogens with two attached hydrogens (primary N) is 1. The Balaban J connectivity index is 2.10. The molecule has 0 aliphatic carbocycles. The number of ether oxygens (including phenoxy) is 2. The monoisotopic (exact) mass is 357 g/mol. The van der Waals surface area contributed by atoms with E-state index in [1.54, 1.807) is 36.4 Å². The standard InChI is InChI=1S/C18H16ClN3O3/c1-3-8-25-17-15(19)9-12(10-16(17)24-2)11-21-22-18(23)13-4-6-14(20)7-5-13/h1,4-7,9-11H,8,20H2,2H3,(H,22,23)/b21-11-. The van der Waals surface area contributed by atoms with Crippen LogP contribution < -0.4 is 20.6 Å². The quantitative estimate of drug-likeness (QED) is 0.360. The number of halogens is 1. The SMILES string of the molecule is C#CCOc1c(Cl)cc(/C=N\NC(=O)c2ccc(N)cc2)cc1OC. The summed E-state index contributed by atoms with van der Waals surface area (Å²) in [4.78, 5) is 12.0. The first-order chi connectivity index (χ1) is 12.0. The van der Waals surface area contributed by atoms with Crippen molar-refractivity contribution in [1.29, 1.82) is 0 Å². The van der Waals surface area contributed by atoms with E-state index >= 15 is 0 Å².